The summed E-state index contributed by atoms with van der Waals surface area (Å²) < 4.78 is 0. The van der Waals surface area contributed by atoms with Crippen LogP contribution in [0.15, 0.2) is 30.3 Å². The molecule has 0 saturated heterocycles. The molecule has 0 radical (unpaired) electrons. The molecule has 0 aromatic heterocycles. The van der Waals surface area contributed by atoms with Gasteiger partial charge in [0.15, 0.2) is 0 Å². The molecule has 1 aliphatic rings. The molecule has 0 fully saturated rings. The van der Waals surface area contributed by atoms with Gasteiger partial charge in [-0.3, -0.25) is 4.79 Å². The molecule has 1 N–H and O–H groups in total. The van der Waals surface area contributed by atoms with E-state index in [1.54, 1.807) is 0 Å². The Morgan fingerprint density at radius 3 is 2.92 bits per heavy atom. The van der Waals surface area contributed by atoms with Crippen LogP contribution in [0.5, 0.6) is 0 Å². The van der Waals surface area contributed by atoms with Gasteiger partial charge < -0.3 is 5.32 Å². The summed E-state index contributed by atoms with van der Waals surface area (Å²) in [6.45, 7) is 2.92. The minimum absolute atomic E-state index is 0.190. The van der Waals surface area contributed by atoms with Crippen LogP contribution in [0.2, 0.25) is 5.02 Å². The molecule has 24 heavy (non-hydrogen) atoms. The number of unbranched alkanes of at least 4 members (excludes halogenated alkanes) is 3. The Labute approximate surface area is 149 Å². The van der Waals surface area contributed by atoms with Crippen molar-refractivity contribution >= 4 is 28.3 Å². The van der Waals surface area contributed by atoms with Crippen LogP contribution in [-0.4, -0.2) is 12.5 Å². The molecule has 2 aromatic carbocycles. The van der Waals surface area contributed by atoms with Crippen LogP contribution in [0.4, 0.5) is 0 Å². The van der Waals surface area contributed by atoms with Gasteiger partial charge in [-0.25, -0.2) is 0 Å². The first-order chi connectivity index (χ1) is 11.7. The molecule has 1 atom stereocenters. The predicted octanol–water partition coefficient (Wildman–Crippen LogP) is 5.61. The lowest BCUT2D eigenvalue weighted by molar-refractivity contribution is -0.121. The maximum atomic E-state index is 12.1. The molecule has 0 spiro atoms. The standard InChI is InChI=1S/C21H26ClNO/c1-2-3-4-5-9-20(24)23-14-16-10-12-18-19(22)13-11-15-7-6-8-17(16)21(15)18/h6-8,11,13,16H,2-5,9-10,12,14H2,1H3,(H,23,24). The van der Waals surface area contributed by atoms with E-state index in [4.69, 9.17) is 11.6 Å². The van der Waals surface area contributed by atoms with Crippen molar-refractivity contribution in [1.29, 1.82) is 0 Å². The van der Waals surface area contributed by atoms with Crippen molar-refractivity contribution in [3.63, 3.8) is 0 Å². The molecule has 3 heteroatoms. The van der Waals surface area contributed by atoms with E-state index in [0.717, 1.165) is 37.3 Å². The highest BCUT2D eigenvalue weighted by Crippen LogP contribution is 2.39. The fourth-order valence-corrected chi connectivity index (χ4v) is 4.02. The van der Waals surface area contributed by atoms with Crippen molar-refractivity contribution in [2.75, 3.05) is 6.54 Å². The average Bonchev–Trinajstić information content (AvgIpc) is 2.60. The second-order valence-electron chi connectivity index (χ2n) is 6.82. The van der Waals surface area contributed by atoms with Crippen LogP contribution in [0.25, 0.3) is 10.8 Å². The Kier molecular flexibility index (Phi) is 5.78. The maximum absolute atomic E-state index is 12.1. The van der Waals surface area contributed by atoms with E-state index in [1.807, 2.05) is 6.07 Å². The molecule has 0 saturated carbocycles. The van der Waals surface area contributed by atoms with Gasteiger partial charge in [-0.05, 0) is 47.2 Å². The summed E-state index contributed by atoms with van der Waals surface area (Å²) in [6.07, 6.45) is 7.26. The molecule has 2 nitrogen and oxygen atoms in total. The number of benzene rings is 2. The minimum Gasteiger partial charge on any atom is -0.355 e. The lowest BCUT2D eigenvalue weighted by atomic mass is 9.81. The number of hydrogen-bond acceptors (Lipinski definition) is 1. The van der Waals surface area contributed by atoms with Crippen LogP contribution in [0.3, 0.4) is 0 Å². The Bertz CT molecular complexity index is 725. The zero-order valence-corrected chi connectivity index (χ0v) is 15.2. The Hall–Kier alpha value is -1.54. The third-order valence-electron chi connectivity index (χ3n) is 5.11. The summed E-state index contributed by atoms with van der Waals surface area (Å²) in [4.78, 5) is 12.1. The monoisotopic (exact) mass is 343 g/mol. The zero-order chi connectivity index (χ0) is 16.9. The van der Waals surface area contributed by atoms with Crippen molar-refractivity contribution in [2.24, 2.45) is 0 Å². The van der Waals surface area contributed by atoms with E-state index in [9.17, 15) is 4.79 Å². The molecule has 0 heterocycles. The molecule has 1 unspecified atom stereocenters. The summed E-state index contributed by atoms with van der Waals surface area (Å²) in [5, 5.41) is 6.57. The minimum atomic E-state index is 0.190. The van der Waals surface area contributed by atoms with E-state index in [-0.39, 0.29) is 5.91 Å². The fraction of sp³-hybridized carbons (Fsp3) is 0.476. The quantitative estimate of drug-likeness (QED) is 0.650. The lowest BCUT2D eigenvalue weighted by Gasteiger charge is -2.26. The van der Waals surface area contributed by atoms with Gasteiger partial charge in [0.25, 0.3) is 0 Å². The molecule has 128 valence electrons. The van der Waals surface area contributed by atoms with Gasteiger partial charge in [-0.2, -0.15) is 0 Å². The second kappa shape index (κ2) is 8.02. The van der Waals surface area contributed by atoms with E-state index < -0.39 is 0 Å². The van der Waals surface area contributed by atoms with Crippen molar-refractivity contribution in [3.8, 4) is 0 Å². The molecule has 3 rings (SSSR count). The van der Waals surface area contributed by atoms with Crippen molar-refractivity contribution in [3.05, 3.63) is 46.5 Å². The first kappa shape index (κ1) is 17.3. The summed E-state index contributed by atoms with van der Waals surface area (Å²) >= 11 is 6.40. The van der Waals surface area contributed by atoms with E-state index in [2.05, 4.69) is 36.5 Å². The van der Waals surface area contributed by atoms with E-state index in [1.165, 1.54) is 34.7 Å². The Balaban J connectivity index is 1.67. The van der Waals surface area contributed by atoms with Crippen LogP contribution in [0, 0.1) is 0 Å². The number of amides is 1. The number of hydrogen-bond donors (Lipinski definition) is 1. The Morgan fingerprint density at radius 1 is 1.21 bits per heavy atom. The van der Waals surface area contributed by atoms with Gasteiger partial charge in [-0.1, -0.05) is 62.1 Å². The largest absolute Gasteiger partial charge is 0.355 e. The maximum Gasteiger partial charge on any atom is 0.220 e. The third-order valence-corrected chi connectivity index (χ3v) is 5.47. The molecule has 0 aliphatic heterocycles. The third kappa shape index (κ3) is 3.75. The molecule has 2 aromatic rings. The second-order valence-corrected chi connectivity index (χ2v) is 7.23. The smallest absolute Gasteiger partial charge is 0.220 e. The number of aryl methyl sites for hydroxylation is 1. The predicted molar refractivity (Wildman–Crippen MR) is 102 cm³/mol. The molecule has 0 bridgehead atoms. The van der Waals surface area contributed by atoms with Crippen LogP contribution >= 0.6 is 11.6 Å². The van der Waals surface area contributed by atoms with E-state index >= 15 is 0 Å². The van der Waals surface area contributed by atoms with Gasteiger partial charge in [0.2, 0.25) is 5.91 Å². The number of nitrogens with one attached hydrogen (secondary N) is 1. The lowest BCUT2D eigenvalue weighted by Crippen LogP contribution is -2.29. The number of rotatable bonds is 7. The average molecular weight is 344 g/mol. The van der Waals surface area contributed by atoms with Crippen LogP contribution < -0.4 is 5.32 Å². The Morgan fingerprint density at radius 2 is 2.08 bits per heavy atom. The van der Waals surface area contributed by atoms with Crippen LogP contribution in [0.1, 0.15) is 62.5 Å². The van der Waals surface area contributed by atoms with Crippen LogP contribution in [-0.2, 0) is 11.2 Å². The molecular weight excluding hydrogens is 318 g/mol. The fourth-order valence-electron chi connectivity index (χ4n) is 3.77. The van der Waals surface area contributed by atoms with Crippen molar-refractivity contribution in [2.45, 2.75) is 57.8 Å². The molecule has 1 amide bonds. The molecule has 1 aliphatic carbocycles. The summed E-state index contributed by atoms with van der Waals surface area (Å²) in [5.74, 6) is 0.578. The van der Waals surface area contributed by atoms with Crippen molar-refractivity contribution in [1.82, 2.24) is 5.32 Å². The number of carbonyl (C=O) groups excluding carboxylic acids is 1. The summed E-state index contributed by atoms with van der Waals surface area (Å²) in [7, 11) is 0. The van der Waals surface area contributed by atoms with Gasteiger partial charge in [-0.15, -0.1) is 0 Å². The normalized spacial score (nSPS) is 16.3. The summed E-state index contributed by atoms with van der Waals surface area (Å²) in [5.41, 5.74) is 2.61. The van der Waals surface area contributed by atoms with E-state index in [0.29, 0.717) is 12.3 Å². The topological polar surface area (TPSA) is 29.1 Å². The van der Waals surface area contributed by atoms with Gasteiger partial charge in [0.05, 0.1) is 0 Å². The SMILES string of the molecule is CCCCCCC(=O)NCC1CCc2c(Cl)ccc3cccc1c23. The molecular formula is C21H26ClNO. The zero-order valence-electron chi connectivity index (χ0n) is 14.4. The van der Waals surface area contributed by atoms with Crippen molar-refractivity contribution < 1.29 is 4.79 Å². The van der Waals surface area contributed by atoms with Gasteiger partial charge in [0, 0.05) is 23.9 Å². The highest BCUT2D eigenvalue weighted by atomic mass is 35.5. The van der Waals surface area contributed by atoms with Gasteiger partial charge in [0.1, 0.15) is 0 Å². The number of carbonyl (C=O) groups is 1. The summed E-state index contributed by atoms with van der Waals surface area (Å²) in [6, 6.07) is 10.5. The number of halogens is 1. The van der Waals surface area contributed by atoms with Gasteiger partial charge >= 0.3 is 0 Å². The highest BCUT2D eigenvalue weighted by Gasteiger charge is 2.23. The highest BCUT2D eigenvalue weighted by molar-refractivity contribution is 6.32. The first-order valence-electron chi connectivity index (χ1n) is 9.17. The first-order valence-corrected chi connectivity index (χ1v) is 9.55.